The van der Waals surface area contributed by atoms with E-state index in [1.807, 2.05) is 0 Å². The van der Waals surface area contributed by atoms with Crippen molar-refractivity contribution in [2.45, 2.75) is 70.9 Å². The van der Waals surface area contributed by atoms with Crippen LogP contribution in [0.4, 0.5) is 0 Å². The Kier molecular flexibility index (Phi) is 6.28. The van der Waals surface area contributed by atoms with Gasteiger partial charge in [0.2, 0.25) is 0 Å². The van der Waals surface area contributed by atoms with Gasteiger partial charge in [0.05, 0.1) is 29.1 Å². The van der Waals surface area contributed by atoms with Gasteiger partial charge in [-0.1, -0.05) is 62.2 Å². The molecule has 0 radical (unpaired) electrons. The summed E-state index contributed by atoms with van der Waals surface area (Å²) < 4.78 is 5.93. The monoisotopic (exact) mass is 349 g/mol. The van der Waals surface area contributed by atoms with Gasteiger partial charge in [-0.15, -0.1) is 0 Å². The maximum atomic E-state index is 5.93. The predicted octanol–water partition coefficient (Wildman–Crippen LogP) is 3.28. The third-order valence-electron chi connectivity index (χ3n) is 4.95. The molecule has 1 aliphatic rings. The highest BCUT2D eigenvalue weighted by Crippen LogP contribution is 2.19. The second-order valence-electron chi connectivity index (χ2n) is 8.67. The number of hydrogen-bond donors (Lipinski definition) is 0. The highest BCUT2D eigenvalue weighted by atomic mass is 28.3. The van der Waals surface area contributed by atoms with Gasteiger partial charge < -0.3 is 4.74 Å². The molecule has 3 atom stereocenters. The molecule has 0 N–H and O–H groups in total. The summed E-state index contributed by atoms with van der Waals surface area (Å²) in [6.07, 6.45) is 1.93. The zero-order valence-electron chi connectivity index (χ0n) is 16.1. The Hall–Kier alpha value is -0.426. The molecular formula is C19H35NOSi2. The van der Waals surface area contributed by atoms with Crippen molar-refractivity contribution in [2.75, 3.05) is 13.1 Å². The summed E-state index contributed by atoms with van der Waals surface area (Å²) >= 11 is 0. The molecule has 4 heteroatoms. The van der Waals surface area contributed by atoms with Crippen LogP contribution in [0, 0.1) is 0 Å². The molecule has 0 spiro atoms. The first-order chi connectivity index (χ1) is 10.7. The summed E-state index contributed by atoms with van der Waals surface area (Å²) in [7, 11) is -1.94. The molecule has 130 valence electrons. The fourth-order valence-electron chi connectivity index (χ4n) is 3.66. The van der Waals surface area contributed by atoms with Gasteiger partial charge >= 0.3 is 0 Å². The summed E-state index contributed by atoms with van der Waals surface area (Å²) in [5, 5.41) is 1.56. The fourth-order valence-corrected chi connectivity index (χ4v) is 6.65. The lowest BCUT2D eigenvalue weighted by Gasteiger charge is -2.42. The van der Waals surface area contributed by atoms with E-state index in [0.717, 1.165) is 18.8 Å². The van der Waals surface area contributed by atoms with Crippen molar-refractivity contribution < 1.29 is 4.74 Å². The van der Waals surface area contributed by atoms with E-state index in [9.17, 15) is 0 Å². The summed E-state index contributed by atoms with van der Waals surface area (Å²) in [6, 6.07) is 9.52. The highest BCUT2D eigenvalue weighted by Gasteiger charge is 2.30. The Balaban J connectivity index is 2.10. The Bertz CT molecular complexity index is 485. The molecule has 0 saturated carbocycles. The zero-order chi connectivity index (χ0) is 17.2. The third-order valence-corrected chi connectivity index (χ3v) is 9.21. The standard InChI is InChI=1S/C19H35NOSi2/c1-15-13-20(14-16(2)21-15)19(22(3)4)12-17-8-10-18(11-9-17)23(5,6)7/h8-11,15-16,19,22H,12-14H2,1-7H3. The van der Waals surface area contributed by atoms with Crippen LogP contribution in [-0.2, 0) is 11.2 Å². The minimum Gasteiger partial charge on any atom is -0.373 e. The first-order valence-corrected chi connectivity index (χ1v) is 15.6. The number of morpholine rings is 1. The molecule has 2 rings (SSSR count). The summed E-state index contributed by atoms with van der Waals surface area (Å²) in [6.45, 7) is 18.8. The van der Waals surface area contributed by atoms with Crippen LogP contribution in [0.15, 0.2) is 24.3 Å². The molecule has 23 heavy (non-hydrogen) atoms. The molecule has 2 nitrogen and oxygen atoms in total. The van der Waals surface area contributed by atoms with Crippen LogP contribution in [0.1, 0.15) is 19.4 Å². The average molecular weight is 350 g/mol. The second-order valence-corrected chi connectivity index (χ2v) is 17.0. The normalized spacial score (nSPS) is 24.9. The fraction of sp³-hybridized carbons (Fsp3) is 0.684. The maximum absolute atomic E-state index is 5.93. The third kappa shape index (κ3) is 5.28. The number of rotatable bonds is 5. The van der Waals surface area contributed by atoms with Gasteiger partial charge in [0.15, 0.2) is 0 Å². The molecule has 0 amide bonds. The van der Waals surface area contributed by atoms with Crippen LogP contribution in [0.5, 0.6) is 0 Å². The molecule has 1 aliphatic heterocycles. The van der Waals surface area contributed by atoms with Crippen LogP contribution >= 0.6 is 0 Å². The Morgan fingerprint density at radius 1 is 1.09 bits per heavy atom. The highest BCUT2D eigenvalue weighted by molar-refractivity contribution is 6.88. The van der Waals surface area contributed by atoms with Crippen molar-refractivity contribution in [3.05, 3.63) is 29.8 Å². The minimum absolute atomic E-state index is 0.364. The molecule has 1 saturated heterocycles. The average Bonchev–Trinajstić information content (AvgIpc) is 2.42. The minimum atomic E-state index is -1.19. The molecule has 1 aromatic carbocycles. The van der Waals surface area contributed by atoms with Crippen molar-refractivity contribution in [2.24, 2.45) is 0 Å². The SMILES string of the molecule is CC1CN(C(Cc2ccc([Si](C)(C)C)cc2)[SiH](C)C)CC(C)O1. The number of ether oxygens (including phenoxy) is 1. The van der Waals surface area contributed by atoms with Crippen molar-refractivity contribution in [3.63, 3.8) is 0 Å². The van der Waals surface area contributed by atoms with Crippen molar-refractivity contribution in [1.82, 2.24) is 4.90 Å². The molecule has 1 fully saturated rings. The van der Waals surface area contributed by atoms with Crippen LogP contribution < -0.4 is 5.19 Å². The van der Waals surface area contributed by atoms with E-state index in [2.05, 4.69) is 75.7 Å². The van der Waals surface area contributed by atoms with E-state index in [1.54, 1.807) is 5.19 Å². The topological polar surface area (TPSA) is 12.5 Å². The van der Waals surface area contributed by atoms with E-state index in [-0.39, 0.29) is 0 Å². The lowest BCUT2D eigenvalue weighted by atomic mass is 10.1. The molecular weight excluding hydrogens is 314 g/mol. The molecule has 0 aromatic heterocycles. The Morgan fingerprint density at radius 2 is 1.61 bits per heavy atom. The van der Waals surface area contributed by atoms with Gasteiger partial charge in [-0.25, -0.2) is 0 Å². The van der Waals surface area contributed by atoms with E-state index in [4.69, 9.17) is 4.74 Å². The molecule has 3 unspecified atom stereocenters. The van der Waals surface area contributed by atoms with Gasteiger partial charge in [-0.3, -0.25) is 4.90 Å². The predicted molar refractivity (Wildman–Crippen MR) is 107 cm³/mol. The molecule has 1 aromatic rings. The van der Waals surface area contributed by atoms with Crippen molar-refractivity contribution in [3.8, 4) is 0 Å². The van der Waals surface area contributed by atoms with E-state index in [1.165, 1.54) is 12.0 Å². The van der Waals surface area contributed by atoms with E-state index < -0.39 is 16.9 Å². The van der Waals surface area contributed by atoms with Crippen molar-refractivity contribution >= 4 is 22.1 Å². The van der Waals surface area contributed by atoms with Gasteiger partial charge in [0.1, 0.15) is 0 Å². The summed E-state index contributed by atoms with van der Waals surface area (Å²) in [5.41, 5.74) is 2.24. The van der Waals surface area contributed by atoms with Gasteiger partial charge in [0, 0.05) is 18.8 Å². The number of hydrogen-bond acceptors (Lipinski definition) is 2. The number of nitrogens with zero attached hydrogens (tertiary/aromatic N) is 1. The molecule has 0 aliphatic carbocycles. The van der Waals surface area contributed by atoms with E-state index in [0.29, 0.717) is 12.2 Å². The lowest BCUT2D eigenvalue weighted by molar-refractivity contribution is -0.0725. The van der Waals surface area contributed by atoms with Crippen molar-refractivity contribution in [1.29, 1.82) is 0 Å². The van der Waals surface area contributed by atoms with Crippen LogP contribution in [-0.4, -0.2) is 52.7 Å². The first kappa shape index (κ1) is 18.9. The van der Waals surface area contributed by atoms with Crippen LogP contribution in [0.2, 0.25) is 32.7 Å². The zero-order valence-corrected chi connectivity index (χ0v) is 18.3. The molecule has 1 heterocycles. The largest absolute Gasteiger partial charge is 0.373 e. The Labute approximate surface area is 145 Å². The van der Waals surface area contributed by atoms with Gasteiger partial charge in [-0.2, -0.15) is 0 Å². The molecule has 0 bridgehead atoms. The summed E-state index contributed by atoms with van der Waals surface area (Å²) in [5.74, 6) is 0. The number of benzene rings is 1. The Morgan fingerprint density at radius 3 is 2.04 bits per heavy atom. The van der Waals surface area contributed by atoms with E-state index >= 15 is 0 Å². The maximum Gasteiger partial charge on any atom is 0.0775 e. The first-order valence-electron chi connectivity index (χ1n) is 9.15. The lowest BCUT2D eigenvalue weighted by Crippen LogP contribution is -2.54. The van der Waals surface area contributed by atoms with Gasteiger partial charge in [0.25, 0.3) is 0 Å². The quantitative estimate of drug-likeness (QED) is 0.757. The smallest absolute Gasteiger partial charge is 0.0775 e. The van der Waals surface area contributed by atoms with Gasteiger partial charge in [-0.05, 0) is 25.8 Å². The van der Waals surface area contributed by atoms with Crippen LogP contribution in [0.25, 0.3) is 0 Å². The van der Waals surface area contributed by atoms with Crippen LogP contribution in [0.3, 0.4) is 0 Å². The second kappa shape index (κ2) is 7.64. The summed E-state index contributed by atoms with van der Waals surface area (Å²) in [4.78, 5) is 2.71.